The third kappa shape index (κ3) is 4.95. The summed E-state index contributed by atoms with van der Waals surface area (Å²) in [5.41, 5.74) is 4.27. The molecule has 1 aliphatic carbocycles. The van der Waals surface area contributed by atoms with Crippen LogP contribution in [0.5, 0.6) is 5.75 Å². The maximum absolute atomic E-state index is 13.9. The van der Waals surface area contributed by atoms with Crippen LogP contribution in [-0.2, 0) is 11.2 Å². The van der Waals surface area contributed by atoms with Gasteiger partial charge in [0.05, 0.1) is 31.7 Å². The molecular weight excluding hydrogens is 477 g/mol. The number of nitrogens with zero attached hydrogens (tertiary/aromatic N) is 4. The molecule has 3 aromatic heterocycles. The Morgan fingerprint density at radius 1 is 1.14 bits per heavy atom. The van der Waals surface area contributed by atoms with Gasteiger partial charge in [-0.1, -0.05) is 0 Å². The summed E-state index contributed by atoms with van der Waals surface area (Å²) in [6.07, 6.45) is 7.67. The van der Waals surface area contributed by atoms with Crippen LogP contribution in [0.2, 0.25) is 0 Å². The fraction of sp³-hybridized carbons (Fsp3) is 0.259. The van der Waals surface area contributed by atoms with Crippen molar-refractivity contribution in [2.45, 2.75) is 19.3 Å². The van der Waals surface area contributed by atoms with Crippen LogP contribution in [0.1, 0.15) is 28.8 Å². The van der Waals surface area contributed by atoms with Crippen molar-refractivity contribution in [1.29, 1.82) is 0 Å². The van der Waals surface area contributed by atoms with E-state index in [9.17, 15) is 14.0 Å². The molecule has 10 heteroatoms. The van der Waals surface area contributed by atoms with Crippen molar-refractivity contribution >= 4 is 29.2 Å². The van der Waals surface area contributed by atoms with Crippen molar-refractivity contribution in [3.8, 4) is 17.0 Å². The summed E-state index contributed by atoms with van der Waals surface area (Å²) in [6.45, 7) is 0. The quantitative estimate of drug-likeness (QED) is 0.383. The van der Waals surface area contributed by atoms with Crippen LogP contribution >= 0.6 is 0 Å². The van der Waals surface area contributed by atoms with Crippen molar-refractivity contribution < 1.29 is 23.5 Å². The Hall–Kier alpha value is -4.47. The molecule has 2 amide bonds. The van der Waals surface area contributed by atoms with E-state index >= 15 is 0 Å². The molecule has 9 nitrogen and oxygen atoms in total. The highest BCUT2D eigenvalue weighted by Gasteiger charge is 2.25. The lowest BCUT2D eigenvalue weighted by Gasteiger charge is -2.19. The van der Waals surface area contributed by atoms with Gasteiger partial charge in [-0.05, 0) is 61.1 Å². The summed E-state index contributed by atoms with van der Waals surface area (Å²) in [7, 11) is 4.31. The molecular formula is C27H26FN5O4. The Morgan fingerprint density at radius 2 is 1.95 bits per heavy atom. The second kappa shape index (κ2) is 9.88. The first-order chi connectivity index (χ1) is 17.9. The van der Waals surface area contributed by atoms with Crippen LogP contribution in [-0.4, -0.2) is 47.6 Å². The number of benzene rings is 1. The normalized spacial score (nSPS) is 12.9. The van der Waals surface area contributed by atoms with Gasteiger partial charge in [-0.15, -0.1) is 0 Å². The van der Waals surface area contributed by atoms with E-state index in [4.69, 9.17) is 4.74 Å². The molecule has 4 aromatic rings. The van der Waals surface area contributed by atoms with Crippen molar-refractivity contribution in [2.24, 2.45) is 5.92 Å². The fourth-order valence-electron chi connectivity index (χ4n) is 4.21. The van der Waals surface area contributed by atoms with Crippen LogP contribution in [0.15, 0.2) is 55.0 Å². The number of anilines is 2. The van der Waals surface area contributed by atoms with E-state index in [0.717, 1.165) is 41.7 Å². The predicted molar refractivity (Wildman–Crippen MR) is 137 cm³/mol. The van der Waals surface area contributed by atoms with E-state index in [-0.39, 0.29) is 11.7 Å². The van der Waals surface area contributed by atoms with E-state index in [1.807, 2.05) is 16.5 Å². The van der Waals surface area contributed by atoms with Crippen molar-refractivity contribution in [1.82, 2.24) is 14.4 Å². The first kappa shape index (κ1) is 24.2. The summed E-state index contributed by atoms with van der Waals surface area (Å²) in [4.78, 5) is 35.4. The molecule has 0 unspecified atom stereocenters. The number of imidazole rings is 1. The average Bonchev–Trinajstić information content (AvgIpc) is 3.63. The van der Waals surface area contributed by atoms with Crippen LogP contribution in [0.4, 0.5) is 20.7 Å². The van der Waals surface area contributed by atoms with Gasteiger partial charge >= 0.3 is 6.09 Å². The molecule has 190 valence electrons. The number of amides is 2. The van der Waals surface area contributed by atoms with Gasteiger partial charge in [0, 0.05) is 36.8 Å². The maximum Gasteiger partial charge on any atom is 0.412 e. The number of carbonyl (C=O) groups is 2. The largest absolute Gasteiger partial charge is 0.494 e. The number of carbonyl (C=O) groups excluding carboxylic acids is 2. The minimum atomic E-state index is -0.606. The van der Waals surface area contributed by atoms with Crippen LogP contribution in [0.25, 0.3) is 16.9 Å². The maximum atomic E-state index is 13.9. The lowest BCUT2D eigenvalue weighted by Crippen LogP contribution is -2.26. The number of hydrogen-bond donors (Lipinski definition) is 1. The lowest BCUT2D eigenvalue weighted by molar-refractivity contribution is 0.0992. The Balaban J connectivity index is 1.53. The summed E-state index contributed by atoms with van der Waals surface area (Å²) in [5.74, 6) is 0.258. The van der Waals surface area contributed by atoms with E-state index < -0.39 is 11.9 Å². The number of halogens is 1. The molecule has 1 N–H and O–H groups in total. The summed E-state index contributed by atoms with van der Waals surface area (Å²) < 4.78 is 25.5. The van der Waals surface area contributed by atoms with Crippen LogP contribution in [0, 0.1) is 11.7 Å². The number of aromatic nitrogens is 3. The highest BCUT2D eigenvalue weighted by atomic mass is 19.1. The van der Waals surface area contributed by atoms with Gasteiger partial charge in [-0.2, -0.15) is 0 Å². The Morgan fingerprint density at radius 3 is 2.62 bits per heavy atom. The second-order valence-electron chi connectivity index (χ2n) is 8.97. The van der Waals surface area contributed by atoms with Gasteiger partial charge in [0.1, 0.15) is 11.5 Å². The van der Waals surface area contributed by atoms with Crippen LogP contribution < -0.4 is 15.0 Å². The second-order valence-corrected chi connectivity index (χ2v) is 8.97. The fourth-order valence-corrected chi connectivity index (χ4v) is 4.21. The molecule has 1 fully saturated rings. The molecule has 0 bridgehead atoms. The number of rotatable bonds is 7. The topological polar surface area (TPSA) is 98.1 Å². The van der Waals surface area contributed by atoms with Gasteiger partial charge in [-0.3, -0.25) is 14.5 Å². The highest BCUT2D eigenvalue weighted by molar-refractivity contribution is 6.06. The Labute approximate surface area is 212 Å². The van der Waals surface area contributed by atoms with Crippen molar-refractivity contribution in [3.05, 3.63) is 71.9 Å². The number of hydrogen-bond acceptors (Lipinski definition) is 6. The predicted octanol–water partition coefficient (Wildman–Crippen LogP) is 4.95. The van der Waals surface area contributed by atoms with Crippen molar-refractivity contribution in [2.75, 3.05) is 31.5 Å². The highest BCUT2D eigenvalue weighted by Crippen LogP contribution is 2.35. The molecule has 5 rings (SSSR count). The molecule has 0 radical (unpaired) electrons. The SMILES string of the molecule is COC(=O)Nc1ccc(-c2cnc3c(CC4CC4)cc(C(=O)N(C)c4ccc(F)c(OC)c4)cn23)cn1. The Bertz CT molecular complexity index is 1480. The van der Waals surface area contributed by atoms with Crippen molar-refractivity contribution in [3.63, 3.8) is 0 Å². The molecule has 0 saturated heterocycles. The zero-order valence-corrected chi connectivity index (χ0v) is 20.7. The standard InChI is InChI=1S/C27H26FN5O4/c1-32(20-7-8-21(28)23(12-20)36-2)26(34)19-11-18(10-16-4-5-16)25-30-14-22(33(25)15-19)17-6-9-24(29-13-17)31-27(35)37-3/h6-9,11-16H,4-5,10H2,1-3H3,(H,29,31,35). The van der Waals surface area contributed by atoms with Gasteiger partial charge < -0.3 is 14.4 Å². The molecule has 1 saturated carbocycles. The number of methoxy groups -OCH3 is 2. The van der Waals surface area contributed by atoms with E-state index in [1.165, 1.54) is 37.3 Å². The zero-order chi connectivity index (χ0) is 26.1. The third-order valence-electron chi connectivity index (χ3n) is 6.44. The molecule has 0 spiro atoms. The summed E-state index contributed by atoms with van der Waals surface area (Å²) >= 11 is 0. The number of nitrogens with one attached hydrogen (secondary N) is 1. The molecule has 0 aliphatic heterocycles. The lowest BCUT2D eigenvalue weighted by atomic mass is 10.1. The van der Waals surface area contributed by atoms with Gasteiger partial charge in [0.2, 0.25) is 0 Å². The first-order valence-corrected chi connectivity index (χ1v) is 11.8. The molecule has 1 aliphatic rings. The monoisotopic (exact) mass is 503 g/mol. The van der Waals surface area contributed by atoms with Gasteiger partial charge in [-0.25, -0.2) is 19.2 Å². The van der Waals surface area contributed by atoms with E-state index in [1.54, 1.807) is 31.7 Å². The number of fused-ring (bicyclic) bond motifs is 1. The van der Waals surface area contributed by atoms with E-state index in [2.05, 4.69) is 20.0 Å². The Kier molecular flexibility index (Phi) is 6.47. The van der Waals surface area contributed by atoms with Crippen LogP contribution in [0.3, 0.4) is 0 Å². The number of pyridine rings is 2. The first-order valence-electron chi connectivity index (χ1n) is 11.8. The smallest absolute Gasteiger partial charge is 0.412 e. The number of ether oxygens (including phenoxy) is 2. The molecule has 3 heterocycles. The van der Waals surface area contributed by atoms with E-state index in [0.29, 0.717) is 23.0 Å². The average molecular weight is 504 g/mol. The molecule has 1 aromatic carbocycles. The molecule has 0 atom stereocenters. The summed E-state index contributed by atoms with van der Waals surface area (Å²) in [5, 5.41) is 2.53. The zero-order valence-electron chi connectivity index (χ0n) is 20.7. The van der Waals surface area contributed by atoms with Gasteiger partial charge in [0.15, 0.2) is 11.6 Å². The minimum Gasteiger partial charge on any atom is -0.494 e. The minimum absolute atomic E-state index is 0.0663. The molecule has 37 heavy (non-hydrogen) atoms. The van der Waals surface area contributed by atoms with Gasteiger partial charge in [0.25, 0.3) is 5.91 Å². The third-order valence-corrected chi connectivity index (χ3v) is 6.44. The summed E-state index contributed by atoms with van der Waals surface area (Å²) in [6, 6.07) is 9.69.